The van der Waals surface area contributed by atoms with Crippen molar-refractivity contribution >= 4 is 34.9 Å². The fraction of sp³-hybridized carbons (Fsp3) is 0.212. The monoisotopic (exact) mass is 666 g/mol. The van der Waals surface area contributed by atoms with Gasteiger partial charge in [-0.3, -0.25) is 29.7 Å². The molecular weight excluding hydrogens is 637 g/mol. The molecule has 1 unspecified atom stereocenters. The number of aromatic nitrogens is 1. The predicted molar refractivity (Wildman–Crippen MR) is 166 cm³/mol. The summed E-state index contributed by atoms with van der Waals surface area (Å²) < 4.78 is 39.2. The molecule has 0 bridgehead atoms. The van der Waals surface area contributed by atoms with Gasteiger partial charge >= 0.3 is 18.1 Å². The Morgan fingerprint density at radius 3 is 2.31 bits per heavy atom. The molecule has 1 amide bonds. The summed E-state index contributed by atoms with van der Waals surface area (Å²) in [5.41, 5.74) is 0.195. The van der Waals surface area contributed by atoms with Crippen molar-refractivity contribution in [3.63, 3.8) is 0 Å². The van der Waals surface area contributed by atoms with Crippen molar-refractivity contribution in [2.45, 2.75) is 38.9 Å². The number of hydrogen-bond donors (Lipinski definition) is 1. The molecule has 3 aromatic carbocycles. The molecule has 0 aliphatic carbocycles. The van der Waals surface area contributed by atoms with Crippen LogP contribution in [-0.4, -0.2) is 40.3 Å². The molecule has 1 heterocycles. The molecule has 1 N–H and O–H groups in total. The third-order valence-corrected chi connectivity index (χ3v) is 7.07. The minimum atomic E-state index is -4.53. The Morgan fingerprint density at radius 1 is 0.979 bits per heavy atom. The number of rotatable bonds is 13. The van der Waals surface area contributed by atoms with Crippen LogP contribution in [0.1, 0.15) is 41.9 Å². The summed E-state index contributed by atoms with van der Waals surface area (Å²) in [5, 5.41) is 19.2. The Morgan fingerprint density at radius 2 is 1.69 bits per heavy atom. The quantitative estimate of drug-likeness (QED) is 0.0927. The van der Waals surface area contributed by atoms with E-state index >= 15 is 0 Å². The summed E-state index contributed by atoms with van der Waals surface area (Å²) in [7, 11) is 0. The van der Waals surface area contributed by atoms with Crippen LogP contribution in [0.5, 0.6) is 0 Å². The number of alkyl halides is 3. The lowest BCUT2D eigenvalue weighted by molar-refractivity contribution is -0.459. The van der Waals surface area contributed by atoms with Gasteiger partial charge in [-0.05, 0) is 60.0 Å². The molecule has 1 atom stereocenters. The van der Waals surface area contributed by atoms with E-state index in [1.54, 1.807) is 49.5 Å². The van der Waals surface area contributed by atoms with Crippen LogP contribution in [0.3, 0.4) is 0 Å². The first-order chi connectivity index (χ1) is 22.9. The average molecular weight is 667 g/mol. The van der Waals surface area contributed by atoms with Crippen molar-refractivity contribution in [1.29, 1.82) is 0 Å². The van der Waals surface area contributed by atoms with Gasteiger partial charge in [0.2, 0.25) is 0 Å². The molecule has 15 heteroatoms. The van der Waals surface area contributed by atoms with Crippen LogP contribution < -0.4 is 10.2 Å². The van der Waals surface area contributed by atoms with Crippen molar-refractivity contribution in [3.05, 3.63) is 118 Å². The third-order valence-electron chi connectivity index (χ3n) is 7.07. The second-order valence-electron chi connectivity index (χ2n) is 10.3. The molecule has 0 fully saturated rings. The number of anilines is 2. The summed E-state index contributed by atoms with van der Waals surface area (Å²) in [6.45, 7) is 2.73. The average Bonchev–Trinajstić information content (AvgIpc) is 3.06. The Bertz CT molecular complexity index is 1770. The Balaban J connectivity index is 1.65. The van der Waals surface area contributed by atoms with E-state index in [0.717, 1.165) is 25.1 Å². The number of carbonyl (C=O) groups is 3. The first-order valence-electron chi connectivity index (χ1n) is 14.5. The highest BCUT2D eigenvalue weighted by molar-refractivity contribution is 6.09. The maximum absolute atomic E-state index is 13.4. The van der Waals surface area contributed by atoms with E-state index in [2.05, 4.69) is 25.1 Å². The molecule has 1 aromatic heterocycles. The second-order valence-corrected chi connectivity index (χ2v) is 10.3. The number of carbonyl (C=O) groups excluding carboxylic acids is 3. The van der Waals surface area contributed by atoms with Gasteiger partial charge < -0.3 is 10.2 Å². The molecule has 12 nitrogen and oxygen atoms in total. The highest BCUT2D eigenvalue weighted by Crippen LogP contribution is 2.35. The summed E-state index contributed by atoms with van der Waals surface area (Å²) in [5.74, 6) is -2.54. The smallest absolute Gasteiger partial charge is 0.352 e. The van der Waals surface area contributed by atoms with E-state index < -0.39 is 46.2 Å². The van der Waals surface area contributed by atoms with Crippen LogP contribution in [0.25, 0.3) is 11.1 Å². The Labute approximate surface area is 272 Å². The Kier molecular flexibility index (Phi) is 11.4. The lowest BCUT2D eigenvalue weighted by atomic mass is 9.98. The fourth-order valence-electron chi connectivity index (χ4n) is 4.85. The second kappa shape index (κ2) is 15.6. The minimum Gasteiger partial charge on any atom is -0.352 e. The number of nitrogens with zero attached hydrogens (tertiary/aromatic N) is 3. The SMILES string of the molecule is CCC(C(=O)OOOC(C)=O)N(CCc1ccccn1)c1ccc(NC(=O)c2ccccc2-c2ccc(C(F)(F)F)cc2)cc1[N+](=O)[O-]. The lowest BCUT2D eigenvalue weighted by Gasteiger charge is -2.30. The van der Waals surface area contributed by atoms with Crippen molar-refractivity contribution < 1.29 is 47.3 Å². The zero-order valence-corrected chi connectivity index (χ0v) is 25.6. The molecule has 4 aromatic rings. The van der Waals surface area contributed by atoms with Crippen LogP contribution in [-0.2, 0) is 37.0 Å². The maximum atomic E-state index is 13.4. The van der Waals surface area contributed by atoms with Gasteiger partial charge in [-0.15, -0.1) is 0 Å². The number of nitro groups is 1. The molecule has 0 radical (unpaired) electrons. The molecule has 0 aliphatic heterocycles. The molecule has 250 valence electrons. The number of benzene rings is 3. The number of nitro benzene ring substituents is 1. The number of hydrogen-bond acceptors (Lipinski definition) is 10. The van der Waals surface area contributed by atoms with Gasteiger partial charge in [-0.25, -0.2) is 9.59 Å². The molecular formula is C33H29F3N4O8. The van der Waals surface area contributed by atoms with Crippen molar-refractivity contribution in [2.24, 2.45) is 0 Å². The molecule has 0 spiro atoms. The van der Waals surface area contributed by atoms with E-state index in [4.69, 9.17) is 0 Å². The van der Waals surface area contributed by atoms with Gasteiger partial charge in [0.1, 0.15) is 11.7 Å². The molecule has 0 saturated heterocycles. The van der Waals surface area contributed by atoms with E-state index in [0.29, 0.717) is 16.8 Å². The van der Waals surface area contributed by atoms with Crippen LogP contribution in [0.4, 0.5) is 30.2 Å². The minimum absolute atomic E-state index is 0.00960. The number of amides is 1. The molecule has 4 rings (SSSR count). The largest absolute Gasteiger partial charge is 0.416 e. The van der Waals surface area contributed by atoms with Gasteiger partial charge in [0.15, 0.2) is 0 Å². The maximum Gasteiger partial charge on any atom is 0.416 e. The van der Waals surface area contributed by atoms with Gasteiger partial charge in [0.25, 0.3) is 11.6 Å². The van der Waals surface area contributed by atoms with E-state index in [1.165, 1.54) is 35.2 Å². The van der Waals surface area contributed by atoms with Gasteiger partial charge in [-0.1, -0.05) is 43.3 Å². The highest BCUT2D eigenvalue weighted by Gasteiger charge is 2.33. The van der Waals surface area contributed by atoms with Crippen LogP contribution in [0.2, 0.25) is 0 Å². The summed E-state index contributed by atoms with van der Waals surface area (Å²) in [6, 6.07) is 18.5. The van der Waals surface area contributed by atoms with Gasteiger partial charge in [0, 0.05) is 54.1 Å². The van der Waals surface area contributed by atoms with Crippen LogP contribution >= 0.6 is 0 Å². The standard InChI is InChI=1S/C33H29F3N4O8/c1-3-28(32(43)47-48-46-21(2)41)39(19-17-24-8-6-7-18-37-24)29-16-15-25(20-30(29)40(44)45)38-31(42)27-10-5-4-9-26(27)22-11-13-23(14-12-22)33(34,35)36/h4-16,18,20,28H,3,17,19H2,1-2H3,(H,38,42). The number of pyridine rings is 1. The highest BCUT2D eigenvalue weighted by atomic mass is 19.4. The predicted octanol–water partition coefficient (Wildman–Crippen LogP) is 6.71. The molecule has 0 saturated carbocycles. The molecule has 0 aliphatic rings. The first kappa shape index (κ1) is 35.0. The summed E-state index contributed by atoms with van der Waals surface area (Å²) in [6.07, 6.45) is -2.58. The normalized spacial score (nSPS) is 11.7. The third kappa shape index (κ3) is 8.91. The topological polar surface area (TPSA) is 150 Å². The van der Waals surface area contributed by atoms with Crippen molar-refractivity contribution in [2.75, 3.05) is 16.8 Å². The number of halogens is 3. The van der Waals surface area contributed by atoms with Crippen molar-refractivity contribution in [3.8, 4) is 11.1 Å². The van der Waals surface area contributed by atoms with Crippen LogP contribution in [0, 0.1) is 10.1 Å². The Hall–Kier alpha value is -5.83. The van der Waals surface area contributed by atoms with Gasteiger partial charge in [0.05, 0.1) is 10.5 Å². The zero-order chi connectivity index (χ0) is 34.8. The lowest BCUT2D eigenvalue weighted by Crippen LogP contribution is -2.43. The van der Waals surface area contributed by atoms with E-state index in [9.17, 15) is 37.7 Å². The van der Waals surface area contributed by atoms with E-state index in [1.807, 2.05) is 0 Å². The van der Waals surface area contributed by atoms with Crippen LogP contribution in [0.15, 0.2) is 91.1 Å². The first-order valence-corrected chi connectivity index (χ1v) is 14.5. The van der Waals surface area contributed by atoms with Gasteiger partial charge in [-0.2, -0.15) is 13.2 Å². The fourth-order valence-corrected chi connectivity index (χ4v) is 4.85. The van der Waals surface area contributed by atoms with E-state index in [-0.39, 0.29) is 36.3 Å². The van der Waals surface area contributed by atoms with Crippen molar-refractivity contribution in [1.82, 2.24) is 4.98 Å². The summed E-state index contributed by atoms with van der Waals surface area (Å²) in [4.78, 5) is 63.6. The summed E-state index contributed by atoms with van der Waals surface area (Å²) >= 11 is 0. The number of nitrogens with one attached hydrogen (secondary N) is 1. The zero-order valence-electron chi connectivity index (χ0n) is 25.6. The molecule has 48 heavy (non-hydrogen) atoms.